The summed E-state index contributed by atoms with van der Waals surface area (Å²) >= 11 is 0. The summed E-state index contributed by atoms with van der Waals surface area (Å²) in [5.41, 5.74) is 2.69. The molecular formula is C20H27N3O5. The lowest BCUT2D eigenvalue weighted by molar-refractivity contribution is -0.149. The molecule has 1 N–H and O–H groups in total. The topological polar surface area (TPSA) is 96.0 Å². The molecule has 0 aromatic heterocycles. The predicted octanol–water partition coefficient (Wildman–Crippen LogP) is 1.26. The molecule has 1 aliphatic rings. The average Bonchev–Trinajstić information content (AvgIpc) is 2.66. The minimum Gasteiger partial charge on any atom is -0.456 e. The first-order chi connectivity index (χ1) is 13.3. The van der Waals surface area contributed by atoms with E-state index in [0.717, 1.165) is 11.1 Å². The molecule has 0 saturated carbocycles. The molecule has 0 spiro atoms. The van der Waals surface area contributed by atoms with Crippen molar-refractivity contribution in [1.82, 2.24) is 9.80 Å². The van der Waals surface area contributed by atoms with Crippen molar-refractivity contribution in [1.29, 1.82) is 0 Å². The fourth-order valence-electron chi connectivity index (χ4n) is 3.00. The first-order valence-electron chi connectivity index (χ1n) is 9.32. The van der Waals surface area contributed by atoms with E-state index in [-0.39, 0.29) is 24.7 Å². The first-order valence-corrected chi connectivity index (χ1v) is 9.32. The summed E-state index contributed by atoms with van der Waals surface area (Å²) in [6.45, 7) is 6.90. The van der Waals surface area contributed by atoms with Gasteiger partial charge in [-0.2, -0.15) is 0 Å². The van der Waals surface area contributed by atoms with Crippen molar-refractivity contribution >= 4 is 29.4 Å². The Kier molecular flexibility index (Phi) is 7.54. The second kappa shape index (κ2) is 9.87. The lowest BCUT2D eigenvalue weighted by Gasteiger charge is -2.34. The molecule has 2 rings (SSSR count). The van der Waals surface area contributed by atoms with Gasteiger partial charge in [0.25, 0.3) is 5.91 Å². The molecule has 1 heterocycles. The van der Waals surface area contributed by atoms with Crippen LogP contribution >= 0.6 is 0 Å². The van der Waals surface area contributed by atoms with Gasteiger partial charge in [-0.25, -0.2) is 0 Å². The Morgan fingerprint density at radius 1 is 1.00 bits per heavy atom. The van der Waals surface area contributed by atoms with Gasteiger partial charge < -0.3 is 19.9 Å². The summed E-state index contributed by atoms with van der Waals surface area (Å²) in [7, 11) is 0. The van der Waals surface area contributed by atoms with Crippen molar-refractivity contribution in [2.75, 3.05) is 38.1 Å². The summed E-state index contributed by atoms with van der Waals surface area (Å²) in [6.07, 6.45) is -0.0554. The van der Waals surface area contributed by atoms with Crippen LogP contribution in [0.5, 0.6) is 0 Å². The zero-order chi connectivity index (χ0) is 20.7. The van der Waals surface area contributed by atoms with Crippen LogP contribution in [-0.4, -0.2) is 66.3 Å². The van der Waals surface area contributed by atoms with Gasteiger partial charge in [0.1, 0.15) is 0 Å². The van der Waals surface area contributed by atoms with E-state index >= 15 is 0 Å². The van der Waals surface area contributed by atoms with E-state index in [1.54, 1.807) is 15.9 Å². The van der Waals surface area contributed by atoms with Gasteiger partial charge in [0, 0.05) is 45.2 Å². The van der Waals surface area contributed by atoms with Gasteiger partial charge in [-0.3, -0.25) is 19.2 Å². The quantitative estimate of drug-likeness (QED) is 0.739. The molecule has 0 bridgehead atoms. The number of hydrogen-bond acceptors (Lipinski definition) is 5. The highest BCUT2D eigenvalue weighted by Crippen LogP contribution is 2.15. The molecule has 1 fully saturated rings. The van der Waals surface area contributed by atoms with Crippen LogP contribution in [0.2, 0.25) is 0 Å². The molecule has 8 heteroatoms. The second-order valence-corrected chi connectivity index (χ2v) is 6.91. The minimum atomic E-state index is -0.591. The lowest BCUT2D eigenvalue weighted by Crippen LogP contribution is -2.50. The zero-order valence-corrected chi connectivity index (χ0v) is 16.6. The zero-order valence-electron chi connectivity index (χ0n) is 16.6. The molecule has 0 atom stereocenters. The molecule has 28 heavy (non-hydrogen) atoms. The summed E-state index contributed by atoms with van der Waals surface area (Å²) in [4.78, 5) is 50.5. The van der Waals surface area contributed by atoms with Crippen molar-refractivity contribution in [3.8, 4) is 0 Å². The maximum atomic E-state index is 12.2. The summed E-state index contributed by atoms with van der Waals surface area (Å²) < 4.78 is 4.95. The number of esters is 1. The van der Waals surface area contributed by atoms with E-state index < -0.39 is 18.5 Å². The van der Waals surface area contributed by atoms with E-state index in [4.69, 9.17) is 4.74 Å². The summed E-state index contributed by atoms with van der Waals surface area (Å²) in [5, 5.41) is 2.70. The number of aryl methyl sites for hydroxylation is 2. The average molecular weight is 389 g/mol. The van der Waals surface area contributed by atoms with Crippen molar-refractivity contribution in [2.24, 2.45) is 0 Å². The van der Waals surface area contributed by atoms with E-state index in [2.05, 4.69) is 5.32 Å². The third kappa shape index (κ3) is 6.37. The first kappa shape index (κ1) is 21.4. The van der Waals surface area contributed by atoms with Gasteiger partial charge in [-0.15, -0.1) is 0 Å². The van der Waals surface area contributed by atoms with Crippen LogP contribution in [-0.2, 0) is 23.9 Å². The van der Waals surface area contributed by atoms with Crippen molar-refractivity contribution in [2.45, 2.75) is 33.6 Å². The summed E-state index contributed by atoms with van der Waals surface area (Å²) in [6, 6.07) is 5.63. The Balaban J connectivity index is 1.67. The molecule has 1 aromatic rings. The molecule has 1 saturated heterocycles. The van der Waals surface area contributed by atoms with Crippen molar-refractivity contribution in [3.05, 3.63) is 29.3 Å². The van der Waals surface area contributed by atoms with Gasteiger partial charge in [-0.05, 0) is 25.5 Å². The van der Waals surface area contributed by atoms with Gasteiger partial charge in [-0.1, -0.05) is 17.7 Å². The van der Waals surface area contributed by atoms with Gasteiger partial charge in [0.05, 0.1) is 6.42 Å². The van der Waals surface area contributed by atoms with Crippen LogP contribution in [0, 0.1) is 13.8 Å². The molecule has 3 amide bonds. The Hall–Kier alpha value is -2.90. The molecule has 1 aliphatic heterocycles. The van der Waals surface area contributed by atoms with Crippen LogP contribution in [0.3, 0.4) is 0 Å². The largest absolute Gasteiger partial charge is 0.456 e. The van der Waals surface area contributed by atoms with Gasteiger partial charge in [0.2, 0.25) is 11.8 Å². The second-order valence-electron chi connectivity index (χ2n) is 6.91. The van der Waals surface area contributed by atoms with E-state index in [9.17, 15) is 19.2 Å². The van der Waals surface area contributed by atoms with Crippen molar-refractivity contribution < 1.29 is 23.9 Å². The third-order valence-electron chi connectivity index (χ3n) is 4.64. The lowest BCUT2D eigenvalue weighted by atomic mass is 10.1. The number of piperazine rings is 1. The van der Waals surface area contributed by atoms with Crippen LogP contribution < -0.4 is 5.32 Å². The monoisotopic (exact) mass is 389 g/mol. The fraction of sp³-hybridized carbons (Fsp3) is 0.500. The number of carbonyl (C=O) groups excluding carboxylic acids is 4. The van der Waals surface area contributed by atoms with Crippen LogP contribution in [0.25, 0.3) is 0 Å². The maximum Gasteiger partial charge on any atom is 0.306 e. The molecule has 152 valence electrons. The maximum absolute atomic E-state index is 12.2. The molecule has 0 radical (unpaired) electrons. The number of nitrogens with zero attached hydrogens (tertiary/aromatic N) is 2. The molecule has 0 aliphatic carbocycles. The highest BCUT2D eigenvalue weighted by atomic mass is 16.5. The smallest absolute Gasteiger partial charge is 0.306 e. The number of hydrogen-bond donors (Lipinski definition) is 1. The standard InChI is InChI=1S/C20H27N3O5/c1-14-4-5-17(15(2)12-14)21-18(25)13-28-20(27)7-6-19(26)23-10-8-22(9-11-23)16(3)24/h4-5,12H,6-11,13H2,1-3H3,(H,21,25). The fourth-order valence-corrected chi connectivity index (χ4v) is 3.00. The Labute approximate surface area is 164 Å². The highest BCUT2D eigenvalue weighted by molar-refractivity contribution is 5.93. The number of nitrogens with one attached hydrogen (secondary N) is 1. The number of benzene rings is 1. The Morgan fingerprint density at radius 2 is 1.64 bits per heavy atom. The number of rotatable bonds is 6. The normalized spacial score (nSPS) is 13.8. The number of ether oxygens (including phenoxy) is 1. The SMILES string of the molecule is CC(=O)N1CCN(C(=O)CCC(=O)OCC(=O)Nc2ccc(C)cc2C)CC1. The minimum absolute atomic E-state index is 0.00483. The Bertz CT molecular complexity index is 754. The molecule has 8 nitrogen and oxygen atoms in total. The van der Waals surface area contributed by atoms with Gasteiger partial charge in [0.15, 0.2) is 6.61 Å². The van der Waals surface area contributed by atoms with E-state index in [0.29, 0.717) is 31.9 Å². The van der Waals surface area contributed by atoms with Crippen LogP contribution in [0.1, 0.15) is 30.9 Å². The van der Waals surface area contributed by atoms with Crippen LogP contribution in [0.15, 0.2) is 18.2 Å². The Morgan fingerprint density at radius 3 is 2.25 bits per heavy atom. The number of amides is 3. The highest BCUT2D eigenvalue weighted by Gasteiger charge is 2.22. The van der Waals surface area contributed by atoms with E-state index in [1.807, 2.05) is 26.0 Å². The molecule has 0 unspecified atom stereocenters. The van der Waals surface area contributed by atoms with Crippen molar-refractivity contribution in [3.63, 3.8) is 0 Å². The molecular weight excluding hydrogens is 362 g/mol. The number of anilines is 1. The predicted molar refractivity (Wildman–Crippen MR) is 104 cm³/mol. The summed E-state index contributed by atoms with van der Waals surface area (Å²) in [5.74, 6) is -1.17. The van der Waals surface area contributed by atoms with Gasteiger partial charge >= 0.3 is 5.97 Å². The molecule has 1 aromatic carbocycles. The number of carbonyl (C=O) groups is 4. The van der Waals surface area contributed by atoms with E-state index in [1.165, 1.54) is 6.92 Å². The van der Waals surface area contributed by atoms with Crippen LogP contribution in [0.4, 0.5) is 5.69 Å². The third-order valence-corrected chi connectivity index (χ3v) is 4.64.